The maximum atomic E-state index is 6.85. The minimum Gasteiger partial charge on any atom is -0.363 e. The summed E-state index contributed by atoms with van der Waals surface area (Å²) in [7, 11) is 0. The first kappa shape index (κ1) is 38.8. The average molecular weight is 773 g/mol. The summed E-state index contributed by atoms with van der Waals surface area (Å²) in [6.45, 7) is 24.3. The molecule has 4 bridgehead atoms. The number of nitrogens with zero attached hydrogens (tertiary/aromatic N) is 4. The third-order valence-electron chi connectivity index (χ3n) is 14.8. The topological polar surface area (TPSA) is 44.2 Å². The van der Waals surface area contributed by atoms with Crippen molar-refractivity contribution in [1.82, 2.24) is 9.97 Å². The van der Waals surface area contributed by atoms with Crippen molar-refractivity contribution < 1.29 is 18.4 Å². The lowest BCUT2D eigenvalue weighted by atomic mass is 9.71. The monoisotopic (exact) mass is 772 g/mol. The van der Waals surface area contributed by atoms with Gasteiger partial charge in [0.2, 0.25) is 0 Å². The SMILES string of the molecule is C=CCO[C@H](c1ccnc2ccccc12)[C@@H]1C[C@@H]2CC[N@@+]1(Cc1ccc(C[N@@+]34CC[C@@H](C[C@H]3[C@H](OCC=C)c3ccnc5ccccc35)[C@@H](C=C)C4)cc1)C[C@@H]2C=C. The molecule has 6 heteroatoms. The van der Waals surface area contributed by atoms with E-state index in [1.54, 1.807) is 0 Å². The number of fused-ring (bicyclic) bond motifs is 8. The normalized spacial score (nSPS) is 29.9. The summed E-state index contributed by atoms with van der Waals surface area (Å²) in [5.41, 5.74) is 7.32. The highest BCUT2D eigenvalue weighted by molar-refractivity contribution is 5.83. The minimum atomic E-state index is -0.0555. The molecule has 6 aliphatic heterocycles. The standard InChI is InChI=1S/C52H60N4O2/c1-5-29-57-51(45-21-25-53-47-15-11-9-13-43(45)47)49-31-41-23-27-55(49,35-39(41)7-3)33-37-17-19-38(20-18-37)34-56-28-24-42(40(8-4)36-56)32-50(56)52(58-30-6-2)46-22-26-54-48-16-12-10-14-44(46)48/h5-22,25-26,39-42,49-52H,1-4,23-24,27-36H2/q+2/t39-,40-,41-,42-,49-,50-,51+,52+,55+,56+/m0/s1. The van der Waals surface area contributed by atoms with Gasteiger partial charge in [-0.15, -0.1) is 26.3 Å². The molecule has 3 aromatic carbocycles. The van der Waals surface area contributed by atoms with Crippen molar-refractivity contribution >= 4 is 21.8 Å². The Kier molecular flexibility index (Phi) is 11.0. The highest BCUT2D eigenvalue weighted by Crippen LogP contribution is 2.51. The molecule has 6 aliphatic rings. The number of hydrogen-bond acceptors (Lipinski definition) is 4. The lowest BCUT2D eigenvalue weighted by Gasteiger charge is -2.59. The molecular weight excluding hydrogens is 713 g/mol. The summed E-state index contributed by atoms with van der Waals surface area (Å²) < 4.78 is 15.7. The van der Waals surface area contributed by atoms with E-state index in [1.165, 1.54) is 45.9 Å². The molecule has 0 aliphatic carbocycles. The van der Waals surface area contributed by atoms with Gasteiger partial charge in [-0.1, -0.05) is 85.0 Å². The summed E-state index contributed by atoms with van der Waals surface area (Å²) in [4.78, 5) is 9.44. The van der Waals surface area contributed by atoms with Gasteiger partial charge in [0.1, 0.15) is 37.4 Å². The molecule has 10 atom stereocenters. The molecule has 6 saturated heterocycles. The molecule has 58 heavy (non-hydrogen) atoms. The van der Waals surface area contributed by atoms with Gasteiger partial charge in [0, 0.05) is 71.8 Å². The van der Waals surface area contributed by atoms with E-state index in [-0.39, 0.29) is 12.2 Å². The Morgan fingerprint density at radius 2 is 1.02 bits per heavy atom. The van der Waals surface area contributed by atoms with Crippen LogP contribution >= 0.6 is 0 Å². The Morgan fingerprint density at radius 1 is 0.586 bits per heavy atom. The van der Waals surface area contributed by atoms with Gasteiger partial charge in [-0.05, 0) is 47.2 Å². The summed E-state index contributed by atoms with van der Waals surface area (Å²) in [6.07, 6.45) is 16.8. The Labute approximate surface area is 345 Å². The molecule has 0 amide bonds. The molecule has 298 valence electrons. The lowest BCUT2D eigenvalue weighted by Crippen LogP contribution is -2.67. The van der Waals surface area contributed by atoms with Crippen LogP contribution in [-0.4, -0.2) is 70.4 Å². The van der Waals surface area contributed by atoms with Crippen molar-refractivity contribution in [1.29, 1.82) is 0 Å². The average Bonchev–Trinajstić information content (AvgIpc) is 3.27. The molecule has 6 fully saturated rings. The van der Waals surface area contributed by atoms with Gasteiger partial charge in [-0.25, -0.2) is 0 Å². The van der Waals surface area contributed by atoms with Crippen LogP contribution in [0.2, 0.25) is 0 Å². The summed E-state index contributed by atoms with van der Waals surface area (Å²) in [5.74, 6) is 2.29. The van der Waals surface area contributed by atoms with Crippen LogP contribution in [0.5, 0.6) is 0 Å². The van der Waals surface area contributed by atoms with E-state index in [2.05, 4.69) is 123 Å². The van der Waals surface area contributed by atoms with E-state index in [0.29, 0.717) is 49.0 Å². The number of para-hydroxylation sites is 2. The number of benzene rings is 3. The largest absolute Gasteiger partial charge is 0.363 e. The van der Waals surface area contributed by atoms with Crippen molar-refractivity contribution in [2.45, 2.75) is 63.1 Å². The van der Waals surface area contributed by atoms with E-state index in [9.17, 15) is 0 Å². The molecule has 2 aromatic heterocycles. The molecule has 0 N–H and O–H groups in total. The second-order valence-corrected chi connectivity index (χ2v) is 17.8. The van der Waals surface area contributed by atoms with Crippen LogP contribution in [0.1, 0.15) is 60.1 Å². The number of pyridine rings is 2. The fraction of sp³-hybridized carbons (Fsp3) is 0.385. The molecule has 0 unspecified atom stereocenters. The highest BCUT2D eigenvalue weighted by atomic mass is 16.5. The molecule has 0 saturated carbocycles. The maximum Gasteiger partial charge on any atom is 0.135 e. The quantitative estimate of drug-likeness (QED) is 0.0740. The molecule has 6 nitrogen and oxygen atoms in total. The van der Waals surface area contributed by atoms with Gasteiger partial charge < -0.3 is 18.4 Å². The first-order valence-corrected chi connectivity index (χ1v) is 21.6. The molecule has 0 spiro atoms. The molecule has 11 rings (SSSR count). The molecule has 8 heterocycles. The Bertz CT molecular complexity index is 2120. The Balaban J connectivity index is 1.03. The number of quaternary nitrogens is 2. The Morgan fingerprint density at radius 3 is 1.43 bits per heavy atom. The van der Waals surface area contributed by atoms with E-state index < -0.39 is 0 Å². The van der Waals surface area contributed by atoms with Crippen molar-refractivity contribution in [3.05, 3.63) is 170 Å². The zero-order valence-electron chi connectivity index (χ0n) is 34.1. The third-order valence-corrected chi connectivity index (χ3v) is 14.8. The van der Waals surface area contributed by atoms with Crippen LogP contribution in [0, 0.1) is 23.7 Å². The van der Waals surface area contributed by atoms with Crippen LogP contribution in [0.25, 0.3) is 21.8 Å². The summed E-state index contributed by atoms with van der Waals surface area (Å²) in [6, 6.07) is 31.8. The van der Waals surface area contributed by atoms with Gasteiger partial charge >= 0.3 is 0 Å². The van der Waals surface area contributed by atoms with Crippen LogP contribution in [0.4, 0.5) is 0 Å². The van der Waals surface area contributed by atoms with Crippen molar-refractivity contribution in [3.63, 3.8) is 0 Å². The van der Waals surface area contributed by atoms with E-state index in [4.69, 9.17) is 19.4 Å². The maximum absolute atomic E-state index is 6.85. The van der Waals surface area contributed by atoms with Gasteiger partial charge in [0.25, 0.3) is 0 Å². The molecule has 5 aromatic rings. The van der Waals surface area contributed by atoms with E-state index in [1.807, 2.05) is 24.5 Å². The first-order valence-electron chi connectivity index (χ1n) is 21.6. The number of hydrogen-bond donors (Lipinski definition) is 0. The van der Waals surface area contributed by atoms with Gasteiger partial charge in [-0.3, -0.25) is 9.97 Å². The van der Waals surface area contributed by atoms with Crippen LogP contribution in [0.3, 0.4) is 0 Å². The molecule has 0 radical (unpaired) electrons. The number of rotatable bonds is 16. The first-order chi connectivity index (χ1) is 28.5. The van der Waals surface area contributed by atoms with Crippen molar-refractivity contribution in [3.8, 4) is 0 Å². The fourth-order valence-corrected chi connectivity index (χ4v) is 12.1. The smallest absolute Gasteiger partial charge is 0.135 e. The number of aromatic nitrogens is 2. The predicted octanol–water partition coefficient (Wildman–Crippen LogP) is 10.5. The zero-order valence-corrected chi connectivity index (χ0v) is 34.1. The van der Waals surface area contributed by atoms with E-state index >= 15 is 0 Å². The number of ether oxygens (including phenoxy) is 2. The van der Waals surface area contributed by atoms with Crippen LogP contribution in [-0.2, 0) is 22.6 Å². The fourth-order valence-electron chi connectivity index (χ4n) is 12.1. The van der Waals surface area contributed by atoms with Crippen molar-refractivity contribution in [2.24, 2.45) is 23.7 Å². The van der Waals surface area contributed by atoms with Gasteiger partial charge in [-0.2, -0.15) is 0 Å². The van der Waals surface area contributed by atoms with Gasteiger partial charge in [0.05, 0.1) is 50.4 Å². The number of piperidine rings is 6. The van der Waals surface area contributed by atoms with Crippen molar-refractivity contribution in [2.75, 3.05) is 39.4 Å². The highest BCUT2D eigenvalue weighted by Gasteiger charge is 2.56. The van der Waals surface area contributed by atoms with Crippen LogP contribution in [0.15, 0.2) is 148 Å². The Hall–Kier alpha value is -4.72. The third kappa shape index (κ3) is 7.08. The second kappa shape index (κ2) is 16.5. The summed E-state index contributed by atoms with van der Waals surface area (Å²) in [5, 5.41) is 2.37. The van der Waals surface area contributed by atoms with Gasteiger partial charge in [0.15, 0.2) is 0 Å². The molecular formula is C52H60N4O2+2. The van der Waals surface area contributed by atoms with E-state index in [0.717, 1.165) is 72.1 Å². The summed E-state index contributed by atoms with van der Waals surface area (Å²) >= 11 is 0. The lowest BCUT2D eigenvalue weighted by molar-refractivity contribution is -0.985. The zero-order chi connectivity index (χ0) is 39.7. The minimum absolute atomic E-state index is 0.0555. The second-order valence-electron chi connectivity index (χ2n) is 17.8. The predicted molar refractivity (Wildman–Crippen MR) is 236 cm³/mol. The van der Waals surface area contributed by atoms with Crippen LogP contribution < -0.4 is 0 Å².